The van der Waals surface area contributed by atoms with Crippen molar-refractivity contribution in [3.05, 3.63) is 0 Å². The normalized spacial score (nSPS) is 23.2. The minimum absolute atomic E-state index is 0.0370. The van der Waals surface area contributed by atoms with Gasteiger partial charge in [-0.25, -0.2) is 5.84 Å². The zero-order valence-corrected chi connectivity index (χ0v) is 7.43. The number of nitrogens with two attached hydrogens (primary N) is 1. The summed E-state index contributed by atoms with van der Waals surface area (Å²) in [6, 6.07) is 0. The molecule has 12 heavy (non-hydrogen) atoms. The Morgan fingerprint density at radius 1 is 1.67 bits per heavy atom. The molecule has 0 aromatic carbocycles. The minimum atomic E-state index is -0.0370. The Morgan fingerprint density at radius 2 is 2.50 bits per heavy atom. The molecule has 0 bridgehead atoms. The highest BCUT2D eigenvalue weighted by atomic mass is 32.1. The standard InChI is InChI=1S/C6H12N2O3S/c7-8-6(12)11-4-5-3-9-1-2-10-5/h5H,1-4,7H2,(H,8,12). The predicted molar refractivity (Wildman–Crippen MR) is 46.4 cm³/mol. The van der Waals surface area contributed by atoms with E-state index in [1.807, 2.05) is 0 Å². The van der Waals surface area contributed by atoms with E-state index in [9.17, 15) is 0 Å². The lowest BCUT2D eigenvalue weighted by atomic mass is 10.4. The summed E-state index contributed by atoms with van der Waals surface area (Å²) < 4.78 is 15.5. The van der Waals surface area contributed by atoms with Crippen LogP contribution in [0.2, 0.25) is 0 Å². The molecule has 1 aliphatic rings. The van der Waals surface area contributed by atoms with Crippen LogP contribution in [0.15, 0.2) is 0 Å². The number of rotatable bonds is 2. The van der Waals surface area contributed by atoms with E-state index in [0.717, 1.165) is 0 Å². The van der Waals surface area contributed by atoms with Gasteiger partial charge < -0.3 is 14.2 Å². The first kappa shape index (κ1) is 9.66. The molecule has 3 N–H and O–H groups in total. The lowest BCUT2D eigenvalue weighted by molar-refractivity contribution is -0.103. The fourth-order valence-corrected chi connectivity index (χ4v) is 0.911. The van der Waals surface area contributed by atoms with Gasteiger partial charge in [0.25, 0.3) is 5.17 Å². The van der Waals surface area contributed by atoms with Crippen LogP contribution in [0, 0.1) is 0 Å². The van der Waals surface area contributed by atoms with E-state index in [1.54, 1.807) is 0 Å². The van der Waals surface area contributed by atoms with Crippen LogP contribution in [0.3, 0.4) is 0 Å². The monoisotopic (exact) mass is 192 g/mol. The lowest BCUT2D eigenvalue weighted by Crippen LogP contribution is -2.37. The highest BCUT2D eigenvalue weighted by molar-refractivity contribution is 7.80. The van der Waals surface area contributed by atoms with Gasteiger partial charge in [0.05, 0.1) is 19.8 Å². The molecule has 1 aliphatic heterocycles. The third-order valence-electron chi connectivity index (χ3n) is 1.40. The van der Waals surface area contributed by atoms with Crippen molar-refractivity contribution in [2.45, 2.75) is 6.10 Å². The van der Waals surface area contributed by atoms with Crippen molar-refractivity contribution in [1.29, 1.82) is 0 Å². The third kappa shape index (κ3) is 3.31. The Bertz CT molecular complexity index is 150. The predicted octanol–water partition coefficient (Wildman–Crippen LogP) is -0.833. The maximum Gasteiger partial charge on any atom is 0.271 e. The molecule has 1 rings (SSSR count). The van der Waals surface area contributed by atoms with E-state index in [4.69, 9.17) is 20.1 Å². The molecule has 0 aliphatic carbocycles. The van der Waals surface area contributed by atoms with Gasteiger partial charge in [-0.05, 0) is 12.2 Å². The van der Waals surface area contributed by atoms with E-state index >= 15 is 0 Å². The largest absolute Gasteiger partial charge is 0.467 e. The highest BCUT2D eigenvalue weighted by Crippen LogP contribution is 2.00. The number of hydrazine groups is 1. The van der Waals surface area contributed by atoms with Crippen LogP contribution < -0.4 is 11.3 Å². The Balaban J connectivity index is 2.09. The van der Waals surface area contributed by atoms with Gasteiger partial charge in [-0.3, -0.25) is 5.43 Å². The maximum atomic E-state index is 5.29. The zero-order valence-electron chi connectivity index (χ0n) is 6.62. The van der Waals surface area contributed by atoms with E-state index < -0.39 is 0 Å². The molecule has 0 amide bonds. The summed E-state index contributed by atoms with van der Waals surface area (Å²) >= 11 is 4.67. The summed E-state index contributed by atoms with van der Waals surface area (Å²) in [5, 5.41) is 0.171. The SMILES string of the molecule is NNC(=S)OCC1COCCO1. The van der Waals surface area contributed by atoms with Gasteiger partial charge in [0.15, 0.2) is 0 Å². The first-order valence-electron chi connectivity index (χ1n) is 3.65. The second kappa shape index (κ2) is 5.26. The Morgan fingerprint density at radius 3 is 3.08 bits per heavy atom. The van der Waals surface area contributed by atoms with E-state index in [0.29, 0.717) is 26.4 Å². The number of thiocarbonyl (C=S) groups is 1. The molecule has 1 saturated heterocycles. The molecule has 0 aromatic heterocycles. The van der Waals surface area contributed by atoms with Crippen molar-refractivity contribution in [2.75, 3.05) is 26.4 Å². The summed E-state index contributed by atoms with van der Waals surface area (Å²) in [4.78, 5) is 0. The molecule has 0 radical (unpaired) electrons. The molecule has 1 fully saturated rings. The lowest BCUT2D eigenvalue weighted by Gasteiger charge is -2.22. The Labute approximate surface area is 76.1 Å². The molecule has 1 unspecified atom stereocenters. The van der Waals surface area contributed by atoms with Gasteiger partial charge in [0.2, 0.25) is 0 Å². The highest BCUT2D eigenvalue weighted by Gasteiger charge is 2.14. The van der Waals surface area contributed by atoms with Crippen molar-refractivity contribution in [3.63, 3.8) is 0 Å². The second-order valence-electron chi connectivity index (χ2n) is 2.31. The van der Waals surface area contributed by atoms with Crippen molar-refractivity contribution in [3.8, 4) is 0 Å². The van der Waals surface area contributed by atoms with Crippen molar-refractivity contribution in [2.24, 2.45) is 5.84 Å². The van der Waals surface area contributed by atoms with Crippen LogP contribution in [-0.2, 0) is 14.2 Å². The van der Waals surface area contributed by atoms with Crippen LogP contribution in [0.25, 0.3) is 0 Å². The topological polar surface area (TPSA) is 65.7 Å². The smallest absolute Gasteiger partial charge is 0.271 e. The Hall–Kier alpha value is -0.430. The van der Waals surface area contributed by atoms with Crippen molar-refractivity contribution in [1.82, 2.24) is 5.43 Å². The number of nitrogens with one attached hydrogen (secondary N) is 1. The molecule has 70 valence electrons. The number of ether oxygens (including phenoxy) is 3. The van der Waals surface area contributed by atoms with Crippen LogP contribution in [0.5, 0.6) is 0 Å². The summed E-state index contributed by atoms with van der Waals surface area (Å²) in [6.07, 6.45) is -0.0370. The van der Waals surface area contributed by atoms with Gasteiger partial charge in [0, 0.05) is 0 Å². The molecule has 1 heterocycles. The van der Waals surface area contributed by atoms with E-state index in [2.05, 4.69) is 17.6 Å². The average Bonchev–Trinajstić information content (AvgIpc) is 2.16. The van der Waals surface area contributed by atoms with Crippen molar-refractivity contribution >= 4 is 17.4 Å². The summed E-state index contributed by atoms with van der Waals surface area (Å²) in [7, 11) is 0. The first-order valence-corrected chi connectivity index (χ1v) is 4.06. The molecule has 6 heteroatoms. The van der Waals surface area contributed by atoms with Gasteiger partial charge in [-0.2, -0.15) is 0 Å². The maximum absolute atomic E-state index is 5.29. The van der Waals surface area contributed by atoms with E-state index in [-0.39, 0.29) is 11.3 Å². The fraction of sp³-hybridized carbons (Fsp3) is 0.833. The molecule has 5 nitrogen and oxygen atoms in total. The van der Waals surface area contributed by atoms with Gasteiger partial charge >= 0.3 is 0 Å². The van der Waals surface area contributed by atoms with Crippen LogP contribution in [0.4, 0.5) is 0 Å². The summed E-state index contributed by atoms with van der Waals surface area (Å²) in [5.41, 5.74) is 2.22. The number of hydrogen-bond acceptors (Lipinski definition) is 5. The van der Waals surface area contributed by atoms with E-state index in [1.165, 1.54) is 0 Å². The van der Waals surface area contributed by atoms with Crippen LogP contribution >= 0.6 is 12.2 Å². The molecule has 0 spiro atoms. The molecular weight excluding hydrogens is 180 g/mol. The summed E-state index contributed by atoms with van der Waals surface area (Å²) in [6.45, 7) is 2.18. The van der Waals surface area contributed by atoms with Crippen LogP contribution in [0.1, 0.15) is 0 Å². The third-order valence-corrected chi connectivity index (χ3v) is 1.64. The van der Waals surface area contributed by atoms with Crippen LogP contribution in [-0.4, -0.2) is 37.7 Å². The average molecular weight is 192 g/mol. The molecular formula is C6H12N2O3S. The molecule has 0 saturated carbocycles. The quantitative estimate of drug-likeness (QED) is 0.338. The fourth-order valence-electron chi connectivity index (χ4n) is 0.843. The van der Waals surface area contributed by atoms with Gasteiger partial charge in [-0.1, -0.05) is 0 Å². The van der Waals surface area contributed by atoms with Gasteiger partial charge in [0.1, 0.15) is 12.7 Å². The van der Waals surface area contributed by atoms with Gasteiger partial charge in [-0.15, -0.1) is 0 Å². The first-order chi connectivity index (χ1) is 5.83. The molecule has 1 atom stereocenters. The van der Waals surface area contributed by atoms with Crippen molar-refractivity contribution < 1.29 is 14.2 Å². The minimum Gasteiger partial charge on any atom is -0.467 e. The summed E-state index contributed by atoms with van der Waals surface area (Å²) in [5.74, 6) is 5.00. The second-order valence-corrected chi connectivity index (χ2v) is 2.68. The zero-order chi connectivity index (χ0) is 8.81. The Kier molecular flexibility index (Phi) is 4.23. The molecule has 0 aromatic rings. The number of hydrogen-bond donors (Lipinski definition) is 2.